The van der Waals surface area contributed by atoms with Gasteiger partial charge in [0, 0.05) is 17.6 Å². The van der Waals surface area contributed by atoms with Crippen molar-refractivity contribution in [2.45, 2.75) is 31.1 Å². The fourth-order valence-corrected chi connectivity index (χ4v) is 4.77. The highest BCUT2D eigenvalue weighted by molar-refractivity contribution is 6.22. The minimum absolute atomic E-state index is 0.182. The number of anilines is 2. The molecule has 3 aliphatic rings. The van der Waals surface area contributed by atoms with Gasteiger partial charge in [-0.25, -0.2) is 9.18 Å². The molecule has 6 nitrogen and oxygen atoms in total. The molecule has 4 amide bonds. The van der Waals surface area contributed by atoms with Gasteiger partial charge in [0.05, 0.1) is 16.8 Å². The molecule has 2 heterocycles. The van der Waals surface area contributed by atoms with Gasteiger partial charge in [-0.2, -0.15) is 0 Å². The molecular weight excluding hydrogens is 361 g/mol. The van der Waals surface area contributed by atoms with Crippen molar-refractivity contribution in [1.82, 2.24) is 5.32 Å². The molecule has 142 valence electrons. The normalized spacial score (nSPS) is 19.0. The Morgan fingerprint density at radius 2 is 1.82 bits per heavy atom. The first kappa shape index (κ1) is 16.9. The van der Waals surface area contributed by atoms with Crippen molar-refractivity contribution in [3.63, 3.8) is 0 Å². The molecule has 0 bridgehead atoms. The number of imide groups is 1. The van der Waals surface area contributed by atoms with Crippen LogP contribution in [0.5, 0.6) is 0 Å². The molecule has 1 saturated carbocycles. The van der Waals surface area contributed by atoms with E-state index < -0.39 is 23.7 Å². The third-order valence-corrected chi connectivity index (χ3v) is 6.08. The lowest BCUT2D eigenvalue weighted by atomic mass is 9.81. The topological polar surface area (TPSA) is 78.5 Å². The molecule has 0 unspecified atom stereocenters. The van der Waals surface area contributed by atoms with Gasteiger partial charge in [0.1, 0.15) is 5.82 Å². The second-order valence-corrected chi connectivity index (χ2v) is 7.68. The van der Waals surface area contributed by atoms with Crippen molar-refractivity contribution in [3.8, 4) is 0 Å². The number of hydrogen-bond acceptors (Lipinski definition) is 3. The van der Waals surface area contributed by atoms with Gasteiger partial charge in [0.2, 0.25) is 0 Å². The largest absolute Gasteiger partial charge is 0.326 e. The predicted octanol–water partition coefficient (Wildman–Crippen LogP) is 3.57. The lowest BCUT2D eigenvalue weighted by molar-refractivity contribution is 0.0879. The van der Waals surface area contributed by atoms with Crippen LogP contribution in [-0.4, -0.2) is 24.4 Å². The Balaban J connectivity index is 1.46. The number of urea groups is 1. The molecule has 7 heteroatoms. The van der Waals surface area contributed by atoms with E-state index in [4.69, 9.17) is 0 Å². The highest BCUT2D eigenvalue weighted by Gasteiger charge is 2.47. The average molecular weight is 379 g/mol. The summed E-state index contributed by atoms with van der Waals surface area (Å²) in [4.78, 5) is 38.0. The van der Waals surface area contributed by atoms with E-state index in [0.717, 1.165) is 31.2 Å². The van der Waals surface area contributed by atoms with E-state index in [1.165, 1.54) is 23.1 Å². The summed E-state index contributed by atoms with van der Waals surface area (Å²) in [5.74, 6) is -1.34. The zero-order valence-electron chi connectivity index (χ0n) is 15.0. The van der Waals surface area contributed by atoms with Gasteiger partial charge in [0.25, 0.3) is 11.8 Å². The number of para-hydroxylation sites is 1. The fraction of sp³-hybridized carbons (Fsp3) is 0.286. The molecule has 0 radical (unpaired) electrons. The van der Waals surface area contributed by atoms with E-state index in [0.29, 0.717) is 17.9 Å². The first-order valence-corrected chi connectivity index (χ1v) is 9.36. The number of fused-ring (bicyclic) bond motifs is 3. The number of rotatable bonds is 1. The van der Waals surface area contributed by atoms with Crippen LogP contribution >= 0.6 is 0 Å². The molecule has 2 aliphatic heterocycles. The van der Waals surface area contributed by atoms with Crippen molar-refractivity contribution in [3.05, 3.63) is 58.9 Å². The lowest BCUT2D eigenvalue weighted by Crippen LogP contribution is -2.38. The number of hydrogen-bond donors (Lipinski definition) is 2. The van der Waals surface area contributed by atoms with E-state index in [-0.39, 0.29) is 16.5 Å². The summed E-state index contributed by atoms with van der Waals surface area (Å²) in [7, 11) is 0. The van der Waals surface area contributed by atoms with Gasteiger partial charge in [-0.05, 0) is 42.7 Å². The van der Waals surface area contributed by atoms with Crippen molar-refractivity contribution >= 4 is 29.2 Å². The van der Waals surface area contributed by atoms with Gasteiger partial charge in [0.15, 0.2) is 0 Å². The minimum atomic E-state index is -0.487. The van der Waals surface area contributed by atoms with Crippen molar-refractivity contribution in [2.24, 2.45) is 0 Å². The van der Waals surface area contributed by atoms with E-state index in [1.54, 1.807) is 12.1 Å². The zero-order valence-corrected chi connectivity index (χ0v) is 15.0. The molecule has 1 spiro atoms. The number of halogens is 1. The number of carbonyl (C=O) groups is 3. The zero-order chi connectivity index (χ0) is 19.5. The monoisotopic (exact) mass is 379 g/mol. The first-order chi connectivity index (χ1) is 13.5. The summed E-state index contributed by atoms with van der Waals surface area (Å²) in [6.07, 6.45) is 4.02. The summed E-state index contributed by atoms with van der Waals surface area (Å²) in [6.45, 7) is 0.443. The van der Waals surface area contributed by atoms with Crippen LogP contribution in [0.4, 0.5) is 20.6 Å². The molecule has 1 aliphatic carbocycles. The van der Waals surface area contributed by atoms with Crippen LogP contribution in [0, 0.1) is 5.82 Å². The van der Waals surface area contributed by atoms with Crippen molar-refractivity contribution < 1.29 is 18.8 Å². The Labute approximate surface area is 160 Å². The Hall–Kier alpha value is -3.22. The molecule has 5 rings (SSSR count). The summed E-state index contributed by atoms with van der Waals surface area (Å²) in [5.41, 5.74) is 1.96. The lowest BCUT2D eigenvalue weighted by Gasteiger charge is -2.24. The molecule has 28 heavy (non-hydrogen) atoms. The molecule has 0 atom stereocenters. The quantitative estimate of drug-likeness (QED) is 0.744. The van der Waals surface area contributed by atoms with E-state index >= 15 is 0 Å². The highest BCUT2D eigenvalue weighted by atomic mass is 19.1. The Morgan fingerprint density at radius 3 is 2.61 bits per heavy atom. The molecular formula is C21H18FN3O3. The van der Waals surface area contributed by atoms with Gasteiger partial charge in [-0.15, -0.1) is 0 Å². The third kappa shape index (κ3) is 2.35. The molecule has 2 aromatic carbocycles. The van der Waals surface area contributed by atoms with E-state index in [2.05, 4.69) is 10.6 Å². The number of nitrogens with one attached hydrogen (secondary N) is 2. The van der Waals surface area contributed by atoms with Crippen LogP contribution < -0.4 is 15.5 Å². The van der Waals surface area contributed by atoms with Gasteiger partial charge < -0.3 is 5.32 Å². The Morgan fingerprint density at radius 1 is 1.07 bits per heavy atom. The second-order valence-electron chi connectivity index (χ2n) is 7.68. The SMILES string of the molecule is O=C1NC(=O)c2cc(NC(=O)N3CC4(CCCC4)c4cccc(F)c43)ccc21. The van der Waals surface area contributed by atoms with Gasteiger partial charge in [-0.1, -0.05) is 25.0 Å². The number of amides is 4. The highest BCUT2D eigenvalue weighted by Crippen LogP contribution is 2.51. The summed E-state index contributed by atoms with van der Waals surface area (Å²) >= 11 is 0. The number of benzene rings is 2. The maximum atomic E-state index is 14.6. The molecule has 0 aromatic heterocycles. The minimum Gasteiger partial charge on any atom is -0.308 e. The summed E-state index contributed by atoms with van der Waals surface area (Å²) in [6, 6.07) is 9.09. The molecule has 2 N–H and O–H groups in total. The number of carbonyl (C=O) groups excluding carboxylic acids is 3. The van der Waals surface area contributed by atoms with Crippen LogP contribution in [-0.2, 0) is 5.41 Å². The van der Waals surface area contributed by atoms with Gasteiger partial charge >= 0.3 is 6.03 Å². The van der Waals surface area contributed by atoms with Crippen LogP contribution in [0.3, 0.4) is 0 Å². The first-order valence-electron chi connectivity index (χ1n) is 9.36. The number of nitrogens with zero attached hydrogens (tertiary/aromatic N) is 1. The van der Waals surface area contributed by atoms with Crippen molar-refractivity contribution in [2.75, 3.05) is 16.8 Å². The fourth-order valence-electron chi connectivity index (χ4n) is 4.77. The van der Waals surface area contributed by atoms with Crippen LogP contribution in [0.15, 0.2) is 36.4 Å². The van der Waals surface area contributed by atoms with Gasteiger partial charge in [-0.3, -0.25) is 19.8 Å². The van der Waals surface area contributed by atoms with E-state index in [9.17, 15) is 18.8 Å². The predicted molar refractivity (Wildman–Crippen MR) is 101 cm³/mol. The van der Waals surface area contributed by atoms with Crippen LogP contribution in [0.25, 0.3) is 0 Å². The van der Waals surface area contributed by atoms with E-state index in [1.807, 2.05) is 6.07 Å². The Kier molecular flexibility index (Phi) is 3.56. The Bertz CT molecular complexity index is 1040. The smallest absolute Gasteiger partial charge is 0.308 e. The average Bonchev–Trinajstić information content (AvgIpc) is 3.35. The molecule has 0 saturated heterocycles. The maximum Gasteiger partial charge on any atom is 0.326 e. The second kappa shape index (κ2) is 5.89. The molecule has 1 fully saturated rings. The summed E-state index contributed by atoms with van der Waals surface area (Å²) < 4.78 is 14.6. The standard InChI is InChI=1S/C21H18FN3O3/c22-16-5-3-4-15-17(16)25(11-21(15)8-1-2-9-21)20(28)23-12-6-7-13-14(10-12)19(27)24-18(13)26/h3-7,10H,1-2,8-9,11H2,(H,23,28)(H,24,26,27). The molecule has 2 aromatic rings. The third-order valence-electron chi connectivity index (χ3n) is 6.08. The van der Waals surface area contributed by atoms with Crippen molar-refractivity contribution in [1.29, 1.82) is 0 Å². The summed E-state index contributed by atoms with van der Waals surface area (Å²) in [5, 5.41) is 4.97. The van der Waals surface area contributed by atoms with Crippen LogP contribution in [0.1, 0.15) is 52.0 Å². The maximum absolute atomic E-state index is 14.6. The van der Waals surface area contributed by atoms with Crippen LogP contribution in [0.2, 0.25) is 0 Å².